The molecule has 136 valence electrons. The summed E-state index contributed by atoms with van der Waals surface area (Å²) in [5.41, 5.74) is 1.75. The molecule has 25 heavy (non-hydrogen) atoms. The zero-order valence-electron chi connectivity index (χ0n) is 16.3. The highest BCUT2D eigenvalue weighted by Crippen LogP contribution is 2.74. The highest BCUT2D eigenvalue weighted by Gasteiger charge is 2.70. The van der Waals surface area contributed by atoms with Crippen molar-refractivity contribution in [3.05, 3.63) is 11.6 Å². The van der Waals surface area contributed by atoms with Gasteiger partial charge in [-0.05, 0) is 85.0 Å². The molecule has 5 rings (SSSR count). The van der Waals surface area contributed by atoms with Crippen molar-refractivity contribution in [1.29, 1.82) is 5.26 Å². The lowest BCUT2D eigenvalue weighted by molar-refractivity contribution is -0.116. The molecule has 9 unspecified atom stereocenters. The fourth-order valence-corrected chi connectivity index (χ4v) is 7.77. The molecule has 0 amide bonds. The summed E-state index contributed by atoms with van der Waals surface area (Å²) in [4.78, 5) is 11.8. The zero-order chi connectivity index (χ0) is 17.9. The molecule has 2 heteroatoms. The van der Waals surface area contributed by atoms with Crippen molar-refractivity contribution in [3.8, 4) is 6.07 Å². The summed E-state index contributed by atoms with van der Waals surface area (Å²) < 4.78 is 0. The quantitative estimate of drug-likeness (QED) is 0.593. The normalized spacial score (nSPS) is 52.3. The highest BCUT2D eigenvalue weighted by molar-refractivity contribution is 5.91. The average Bonchev–Trinajstić information content (AvgIpc) is 3.32. The van der Waals surface area contributed by atoms with E-state index in [1.165, 1.54) is 24.8 Å². The lowest BCUT2D eigenvalue weighted by atomic mass is 9.48. The van der Waals surface area contributed by atoms with Crippen molar-refractivity contribution in [3.63, 3.8) is 0 Å². The molecule has 0 aromatic heterocycles. The van der Waals surface area contributed by atoms with Crippen LogP contribution in [0.2, 0.25) is 0 Å². The maximum atomic E-state index is 11.8. The van der Waals surface area contributed by atoms with E-state index in [9.17, 15) is 10.1 Å². The minimum atomic E-state index is 0.281. The second kappa shape index (κ2) is 5.97. The molecule has 0 aromatic carbocycles. The lowest BCUT2D eigenvalue weighted by Crippen LogP contribution is -2.50. The molecular formula is C23H33NO. The fraction of sp³-hybridized carbons (Fsp3) is 0.826. The summed E-state index contributed by atoms with van der Waals surface area (Å²) in [6.45, 7) is 8.87. The minimum Gasteiger partial charge on any atom is -0.295 e. The van der Waals surface area contributed by atoms with Crippen molar-refractivity contribution in [1.82, 2.24) is 0 Å². The van der Waals surface area contributed by atoms with E-state index in [0.29, 0.717) is 29.5 Å². The third kappa shape index (κ3) is 2.30. The van der Waals surface area contributed by atoms with Gasteiger partial charge in [0.1, 0.15) is 0 Å². The molecule has 0 spiro atoms. The molecule has 5 aliphatic carbocycles. The molecule has 9 atom stereocenters. The lowest BCUT2D eigenvalue weighted by Gasteiger charge is -2.56. The third-order valence-electron chi connectivity index (χ3n) is 8.57. The van der Waals surface area contributed by atoms with Gasteiger partial charge >= 0.3 is 0 Å². The van der Waals surface area contributed by atoms with Crippen LogP contribution in [0, 0.1) is 64.1 Å². The Morgan fingerprint density at radius 2 is 1.96 bits per heavy atom. The Bertz CT molecular complexity index is 643. The number of ketones is 1. The van der Waals surface area contributed by atoms with Gasteiger partial charge in [-0.2, -0.15) is 5.26 Å². The molecule has 0 heterocycles. The number of hydrogen-bond donors (Lipinski definition) is 0. The van der Waals surface area contributed by atoms with Gasteiger partial charge in [-0.15, -0.1) is 0 Å². The van der Waals surface area contributed by atoms with Gasteiger partial charge in [0.25, 0.3) is 0 Å². The molecule has 0 aromatic rings. The monoisotopic (exact) mass is 339 g/mol. The SMILES string of the molecule is CC.CC1CC2=CC(=O)CCC2C2CCC3(C)C(C#N)C4CC4C3C12. The molecular weight excluding hydrogens is 306 g/mol. The molecule has 0 aliphatic heterocycles. The Balaban J connectivity index is 0.000000758. The van der Waals surface area contributed by atoms with E-state index in [-0.39, 0.29) is 5.41 Å². The summed E-state index contributed by atoms with van der Waals surface area (Å²) in [6, 6.07) is 2.71. The summed E-state index contributed by atoms with van der Waals surface area (Å²) in [6.07, 6.45) is 8.85. The van der Waals surface area contributed by atoms with Crippen molar-refractivity contribution in [2.45, 2.75) is 66.2 Å². The third-order valence-corrected chi connectivity index (χ3v) is 8.57. The number of nitrogens with zero attached hydrogens (tertiary/aromatic N) is 1. The molecule has 0 bridgehead atoms. The van der Waals surface area contributed by atoms with E-state index >= 15 is 0 Å². The zero-order valence-corrected chi connectivity index (χ0v) is 16.3. The van der Waals surface area contributed by atoms with Crippen LogP contribution in [0.5, 0.6) is 0 Å². The smallest absolute Gasteiger partial charge is 0.155 e. The predicted molar refractivity (Wildman–Crippen MR) is 99.5 cm³/mol. The van der Waals surface area contributed by atoms with Gasteiger partial charge in [-0.1, -0.05) is 33.3 Å². The summed E-state index contributed by atoms with van der Waals surface area (Å²) in [5.74, 6) is 5.97. The predicted octanol–water partition coefficient (Wildman–Crippen LogP) is 5.40. The van der Waals surface area contributed by atoms with Crippen LogP contribution in [0.1, 0.15) is 66.2 Å². The number of fused-ring (bicyclic) bond motifs is 7. The molecule has 0 radical (unpaired) electrons. The van der Waals surface area contributed by atoms with Crippen LogP contribution >= 0.6 is 0 Å². The van der Waals surface area contributed by atoms with E-state index in [1.54, 1.807) is 0 Å². The fourth-order valence-electron chi connectivity index (χ4n) is 7.77. The van der Waals surface area contributed by atoms with Crippen molar-refractivity contribution >= 4 is 5.78 Å². The second-order valence-electron chi connectivity index (χ2n) is 9.49. The first-order valence-corrected chi connectivity index (χ1v) is 10.7. The molecule has 2 nitrogen and oxygen atoms in total. The Morgan fingerprint density at radius 3 is 2.68 bits per heavy atom. The number of rotatable bonds is 0. The largest absolute Gasteiger partial charge is 0.295 e. The number of hydrogen-bond acceptors (Lipinski definition) is 2. The van der Waals surface area contributed by atoms with Crippen molar-refractivity contribution in [2.75, 3.05) is 0 Å². The number of allylic oxidation sites excluding steroid dienone is 1. The van der Waals surface area contributed by atoms with Crippen molar-refractivity contribution < 1.29 is 4.79 Å². The van der Waals surface area contributed by atoms with E-state index < -0.39 is 0 Å². The molecule has 5 aliphatic rings. The van der Waals surface area contributed by atoms with Crippen LogP contribution in [0.4, 0.5) is 0 Å². The second-order valence-corrected chi connectivity index (χ2v) is 9.49. The Hall–Kier alpha value is -1.10. The molecule has 0 saturated heterocycles. The van der Waals surface area contributed by atoms with E-state index in [2.05, 4.69) is 19.9 Å². The van der Waals surface area contributed by atoms with Gasteiger partial charge in [0.05, 0.1) is 12.0 Å². The van der Waals surface area contributed by atoms with Gasteiger partial charge in [0, 0.05) is 6.42 Å². The summed E-state index contributed by atoms with van der Waals surface area (Å²) in [5, 5.41) is 9.75. The first kappa shape index (κ1) is 17.3. The number of nitriles is 1. The van der Waals surface area contributed by atoms with Crippen LogP contribution in [0.3, 0.4) is 0 Å². The summed E-state index contributed by atoms with van der Waals surface area (Å²) in [7, 11) is 0. The van der Waals surface area contributed by atoms with E-state index in [0.717, 1.165) is 42.9 Å². The first-order valence-electron chi connectivity index (χ1n) is 10.7. The van der Waals surface area contributed by atoms with Crippen LogP contribution in [-0.4, -0.2) is 5.78 Å². The Morgan fingerprint density at radius 1 is 1.20 bits per heavy atom. The van der Waals surface area contributed by atoms with Gasteiger partial charge in [-0.3, -0.25) is 4.79 Å². The Labute approximate surface area is 153 Å². The highest BCUT2D eigenvalue weighted by atomic mass is 16.1. The van der Waals surface area contributed by atoms with Crippen molar-refractivity contribution in [2.24, 2.45) is 52.8 Å². The summed E-state index contributed by atoms with van der Waals surface area (Å²) >= 11 is 0. The van der Waals surface area contributed by atoms with Gasteiger partial charge in [0.2, 0.25) is 0 Å². The average molecular weight is 340 g/mol. The van der Waals surface area contributed by atoms with Crippen LogP contribution in [0.15, 0.2) is 11.6 Å². The van der Waals surface area contributed by atoms with Crippen LogP contribution in [0.25, 0.3) is 0 Å². The van der Waals surface area contributed by atoms with Crippen LogP contribution < -0.4 is 0 Å². The number of carbonyl (C=O) groups is 1. The number of carbonyl (C=O) groups excluding carboxylic acids is 1. The van der Waals surface area contributed by atoms with Gasteiger partial charge in [0.15, 0.2) is 5.78 Å². The molecule has 4 saturated carbocycles. The van der Waals surface area contributed by atoms with E-state index in [1.807, 2.05) is 19.9 Å². The standard InChI is InChI=1S/C21H27NO.C2H6/c1-11-7-12-8-13(23)3-4-14(12)15-5-6-21(2)18(10-22)16-9-17(16)20(21)19(11)15;1-2/h8,11,14-20H,3-7,9H2,1-2H3;1-2H3. The van der Waals surface area contributed by atoms with Gasteiger partial charge < -0.3 is 0 Å². The maximum Gasteiger partial charge on any atom is 0.155 e. The van der Waals surface area contributed by atoms with Gasteiger partial charge in [-0.25, -0.2) is 0 Å². The maximum absolute atomic E-state index is 11.8. The molecule has 0 N–H and O–H groups in total. The topological polar surface area (TPSA) is 40.9 Å². The Kier molecular flexibility index (Phi) is 4.13. The minimum absolute atomic E-state index is 0.281. The van der Waals surface area contributed by atoms with E-state index in [4.69, 9.17) is 0 Å². The molecule has 4 fully saturated rings. The first-order chi connectivity index (χ1) is 12.0. The van der Waals surface area contributed by atoms with Crippen LogP contribution in [-0.2, 0) is 4.79 Å².